The number of rotatable bonds is 7. The highest BCUT2D eigenvalue weighted by Crippen LogP contribution is 2.22. The van der Waals surface area contributed by atoms with Crippen LogP contribution >= 0.6 is 0 Å². The van der Waals surface area contributed by atoms with E-state index in [1.807, 2.05) is 13.8 Å². The fourth-order valence-corrected chi connectivity index (χ4v) is 2.74. The number of hydrogen-bond donors (Lipinski definition) is 2. The van der Waals surface area contributed by atoms with E-state index in [-0.39, 0.29) is 17.4 Å². The zero-order valence-electron chi connectivity index (χ0n) is 11.5. The Bertz CT molecular complexity index is 513. The van der Waals surface area contributed by atoms with Gasteiger partial charge < -0.3 is 9.84 Å². The smallest absolute Gasteiger partial charge is 0.240 e. The minimum Gasteiger partial charge on any atom is -0.496 e. The molecule has 1 atom stereocenters. The summed E-state index contributed by atoms with van der Waals surface area (Å²) in [7, 11) is -2.06. The van der Waals surface area contributed by atoms with Crippen LogP contribution in [0.15, 0.2) is 23.1 Å². The molecule has 0 aromatic heterocycles. The quantitative estimate of drug-likeness (QED) is 0.797. The zero-order chi connectivity index (χ0) is 14.5. The maximum atomic E-state index is 12.1. The predicted molar refractivity (Wildman–Crippen MR) is 73.6 cm³/mol. The second-order valence-corrected chi connectivity index (χ2v) is 6.26. The Morgan fingerprint density at radius 2 is 2.11 bits per heavy atom. The Morgan fingerprint density at radius 3 is 2.63 bits per heavy atom. The van der Waals surface area contributed by atoms with Crippen molar-refractivity contribution < 1.29 is 18.3 Å². The molecule has 0 saturated heterocycles. The summed E-state index contributed by atoms with van der Waals surface area (Å²) >= 11 is 0. The standard InChI is InChI=1S/C13H21NO4S/c1-4-10(2)8-14-19(16,17)12-5-6-13(18-3)11(7-12)9-15/h5-7,10,14-15H,4,8-9H2,1-3H3. The maximum Gasteiger partial charge on any atom is 0.240 e. The number of aliphatic hydroxyl groups is 1. The van der Waals surface area contributed by atoms with Crippen molar-refractivity contribution in [1.82, 2.24) is 4.72 Å². The molecule has 0 aliphatic heterocycles. The maximum absolute atomic E-state index is 12.1. The van der Waals surface area contributed by atoms with Crippen molar-refractivity contribution in [3.05, 3.63) is 23.8 Å². The summed E-state index contributed by atoms with van der Waals surface area (Å²) in [5, 5.41) is 9.20. The zero-order valence-corrected chi connectivity index (χ0v) is 12.3. The van der Waals surface area contributed by atoms with Crippen LogP contribution in [0.1, 0.15) is 25.8 Å². The third-order valence-electron chi connectivity index (χ3n) is 3.05. The third-order valence-corrected chi connectivity index (χ3v) is 4.47. The number of ether oxygens (including phenoxy) is 1. The van der Waals surface area contributed by atoms with Crippen LogP contribution in [0.2, 0.25) is 0 Å². The molecule has 1 rings (SSSR count). The molecule has 0 heterocycles. The fourth-order valence-electron chi connectivity index (χ4n) is 1.53. The van der Waals surface area contributed by atoms with Gasteiger partial charge in [0.15, 0.2) is 0 Å². The number of benzene rings is 1. The van der Waals surface area contributed by atoms with Gasteiger partial charge in [-0.3, -0.25) is 0 Å². The average Bonchev–Trinajstić information content (AvgIpc) is 2.43. The van der Waals surface area contributed by atoms with Crippen LogP contribution < -0.4 is 9.46 Å². The lowest BCUT2D eigenvalue weighted by Crippen LogP contribution is -2.28. The van der Waals surface area contributed by atoms with Crippen LogP contribution in [-0.4, -0.2) is 27.2 Å². The van der Waals surface area contributed by atoms with Gasteiger partial charge in [-0.25, -0.2) is 13.1 Å². The van der Waals surface area contributed by atoms with Crippen LogP contribution in [-0.2, 0) is 16.6 Å². The number of nitrogens with one attached hydrogen (secondary N) is 1. The van der Waals surface area contributed by atoms with Crippen molar-refractivity contribution in [3.8, 4) is 5.75 Å². The van der Waals surface area contributed by atoms with Gasteiger partial charge in [0.2, 0.25) is 10.0 Å². The lowest BCUT2D eigenvalue weighted by atomic mass is 10.1. The summed E-state index contributed by atoms with van der Waals surface area (Å²) < 4.78 is 31.8. The van der Waals surface area contributed by atoms with Crippen molar-refractivity contribution in [2.75, 3.05) is 13.7 Å². The third kappa shape index (κ3) is 4.19. The highest BCUT2D eigenvalue weighted by atomic mass is 32.2. The summed E-state index contributed by atoms with van der Waals surface area (Å²) in [5.74, 6) is 0.758. The molecule has 19 heavy (non-hydrogen) atoms. The Balaban J connectivity index is 2.95. The first-order valence-corrected chi connectivity index (χ1v) is 7.70. The van der Waals surface area contributed by atoms with E-state index in [9.17, 15) is 13.5 Å². The fraction of sp³-hybridized carbons (Fsp3) is 0.538. The van der Waals surface area contributed by atoms with Gasteiger partial charge in [-0.05, 0) is 24.1 Å². The minimum absolute atomic E-state index is 0.139. The summed E-state index contributed by atoms with van der Waals surface area (Å²) in [5.41, 5.74) is 0.453. The molecule has 0 bridgehead atoms. The summed E-state index contributed by atoms with van der Waals surface area (Å²) in [6.45, 7) is 4.13. The molecule has 1 aromatic rings. The van der Waals surface area contributed by atoms with Crippen LogP contribution in [0.3, 0.4) is 0 Å². The second kappa shape index (κ2) is 6.88. The van der Waals surface area contributed by atoms with Gasteiger partial charge in [0.05, 0.1) is 18.6 Å². The molecular weight excluding hydrogens is 266 g/mol. The van der Waals surface area contributed by atoms with Gasteiger partial charge in [-0.2, -0.15) is 0 Å². The Labute approximate surface area is 114 Å². The highest BCUT2D eigenvalue weighted by Gasteiger charge is 2.16. The molecular formula is C13H21NO4S. The molecule has 0 fully saturated rings. The van der Waals surface area contributed by atoms with Crippen molar-refractivity contribution in [3.63, 3.8) is 0 Å². The van der Waals surface area contributed by atoms with Gasteiger partial charge in [-0.15, -0.1) is 0 Å². The molecule has 0 aliphatic carbocycles. The number of hydrogen-bond acceptors (Lipinski definition) is 4. The molecule has 6 heteroatoms. The van der Waals surface area contributed by atoms with E-state index < -0.39 is 10.0 Å². The lowest BCUT2D eigenvalue weighted by molar-refractivity contribution is 0.273. The summed E-state index contributed by atoms with van der Waals surface area (Å²) in [4.78, 5) is 0.139. The first-order valence-electron chi connectivity index (χ1n) is 6.22. The second-order valence-electron chi connectivity index (χ2n) is 4.50. The molecule has 2 N–H and O–H groups in total. The topological polar surface area (TPSA) is 75.6 Å². The average molecular weight is 287 g/mol. The van der Waals surface area contributed by atoms with E-state index in [1.54, 1.807) is 6.07 Å². The van der Waals surface area contributed by atoms with E-state index in [4.69, 9.17) is 4.74 Å². The molecule has 0 aliphatic rings. The normalized spacial score (nSPS) is 13.3. The molecule has 1 unspecified atom stereocenters. The Morgan fingerprint density at radius 1 is 1.42 bits per heavy atom. The first-order chi connectivity index (χ1) is 8.94. The first kappa shape index (κ1) is 15.9. The minimum atomic E-state index is -3.54. The van der Waals surface area contributed by atoms with E-state index in [0.717, 1.165) is 6.42 Å². The molecule has 1 aromatic carbocycles. The highest BCUT2D eigenvalue weighted by molar-refractivity contribution is 7.89. The van der Waals surface area contributed by atoms with Crippen LogP contribution in [0.25, 0.3) is 0 Å². The molecule has 0 amide bonds. The van der Waals surface area contributed by atoms with Crippen LogP contribution in [0.5, 0.6) is 5.75 Å². The number of sulfonamides is 1. The largest absolute Gasteiger partial charge is 0.496 e. The lowest BCUT2D eigenvalue weighted by Gasteiger charge is -2.12. The predicted octanol–water partition coefficient (Wildman–Crippen LogP) is 1.51. The Hall–Kier alpha value is -1.11. The van der Waals surface area contributed by atoms with E-state index in [2.05, 4.69) is 4.72 Å². The molecule has 108 valence electrons. The van der Waals surface area contributed by atoms with Crippen LogP contribution in [0, 0.1) is 5.92 Å². The van der Waals surface area contributed by atoms with Crippen LogP contribution in [0.4, 0.5) is 0 Å². The SMILES string of the molecule is CCC(C)CNS(=O)(=O)c1ccc(OC)c(CO)c1. The van der Waals surface area contributed by atoms with Crippen molar-refractivity contribution >= 4 is 10.0 Å². The van der Waals surface area contributed by atoms with E-state index in [0.29, 0.717) is 17.9 Å². The summed E-state index contributed by atoms with van der Waals surface area (Å²) in [6, 6.07) is 4.44. The molecule has 0 radical (unpaired) electrons. The van der Waals surface area contributed by atoms with Gasteiger partial charge >= 0.3 is 0 Å². The number of methoxy groups -OCH3 is 1. The van der Waals surface area contributed by atoms with Gasteiger partial charge in [0.1, 0.15) is 5.75 Å². The Kier molecular flexibility index (Phi) is 5.78. The van der Waals surface area contributed by atoms with Gasteiger partial charge in [0, 0.05) is 12.1 Å². The molecule has 0 saturated carbocycles. The van der Waals surface area contributed by atoms with Crippen molar-refractivity contribution in [2.24, 2.45) is 5.92 Å². The van der Waals surface area contributed by atoms with E-state index >= 15 is 0 Å². The van der Waals surface area contributed by atoms with E-state index in [1.165, 1.54) is 19.2 Å². The van der Waals surface area contributed by atoms with Gasteiger partial charge in [0.25, 0.3) is 0 Å². The monoisotopic (exact) mass is 287 g/mol. The van der Waals surface area contributed by atoms with Gasteiger partial charge in [-0.1, -0.05) is 20.3 Å². The number of aliphatic hydroxyl groups excluding tert-OH is 1. The van der Waals surface area contributed by atoms with Crippen molar-refractivity contribution in [2.45, 2.75) is 31.8 Å². The molecule has 5 nitrogen and oxygen atoms in total. The summed E-state index contributed by atoms with van der Waals surface area (Å²) in [6.07, 6.45) is 0.910. The van der Waals surface area contributed by atoms with Crippen molar-refractivity contribution in [1.29, 1.82) is 0 Å². The molecule has 0 spiro atoms.